The summed E-state index contributed by atoms with van der Waals surface area (Å²) >= 11 is 25.3. The molecule has 0 atom stereocenters. The molecule has 0 spiro atoms. The molecule has 0 radical (unpaired) electrons. The van der Waals surface area contributed by atoms with Crippen molar-refractivity contribution in [2.75, 3.05) is 45.8 Å². The van der Waals surface area contributed by atoms with Gasteiger partial charge in [0, 0.05) is 26.2 Å². The summed E-state index contributed by atoms with van der Waals surface area (Å²) < 4.78 is 0. The first-order valence-electron chi connectivity index (χ1n) is 11.3. The van der Waals surface area contributed by atoms with Crippen LogP contribution in [0, 0.1) is 0 Å². The van der Waals surface area contributed by atoms with Crippen LogP contribution in [0.25, 0.3) is 0 Å². The zero-order valence-corrected chi connectivity index (χ0v) is 22.3. The van der Waals surface area contributed by atoms with Crippen molar-refractivity contribution < 1.29 is 0 Å². The number of halogens is 4. The summed E-state index contributed by atoms with van der Waals surface area (Å²) in [6, 6.07) is 7.84. The van der Waals surface area contributed by atoms with Crippen molar-refractivity contribution in [3.05, 3.63) is 68.4 Å². The Morgan fingerprint density at radius 2 is 1.03 bits per heavy atom. The third kappa shape index (κ3) is 4.16. The molecule has 2 aromatic carbocycles. The number of nitrogens with zero attached hydrogens (tertiary/aromatic N) is 4. The Hall–Kier alpha value is -1.72. The molecule has 2 aliphatic heterocycles. The molecular formula is C25H28Cl4N4. The van der Waals surface area contributed by atoms with Crippen LogP contribution < -0.4 is 19.6 Å². The van der Waals surface area contributed by atoms with Crippen molar-refractivity contribution in [1.82, 2.24) is 0 Å². The second-order valence-electron chi connectivity index (χ2n) is 7.89. The molecule has 33 heavy (non-hydrogen) atoms. The molecule has 0 saturated carbocycles. The van der Waals surface area contributed by atoms with E-state index in [2.05, 4.69) is 65.5 Å². The number of benzene rings is 2. The van der Waals surface area contributed by atoms with Gasteiger partial charge in [0.1, 0.15) is 12.0 Å². The van der Waals surface area contributed by atoms with E-state index in [0.717, 1.165) is 54.7 Å². The molecule has 176 valence electrons. The summed E-state index contributed by atoms with van der Waals surface area (Å²) in [5.74, 6) is 1.11. The quantitative estimate of drug-likeness (QED) is 0.378. The van der Waals surface area contributed by atoms with Crippen LogP contribution >= 0.6 is 46.4 Å². The smallest absolute Gasteiger partial charge is 0.121 e. The number of fused-ring (bicyclic) bond motifs is 2. The van der Waals surface area contributed by atoms with Crippen molar-refractivity contribution in [2.24, 2.45) is 0 Å². The largest absolute Gasteiger partial charge is 0.346 e. The molecule has 0 aliphatic carbocycles. The molecule has 0 N–H and O–H groups in total. The van der Waals surface area contributed by atoms with Crippen LogP contribution in [0.2, 0.25) is 20.1 Å². The summed E-state index contributed by atoms with van der Waals surface area (Å²) in [5, 5.41) is 2.30. The van der Waals surface area contributed by atoms with E-state index in [1.165, 1.54) is 0 Å². The Kier molecular flexibility index (Phi) is 7.30. The van der Waals surface area contributed by atoms with Crippen LogP contribution in [-0.2, 0) is 0 Å². The third-order valence-electron chi connectivity index (χ3n) is 6.27. The average molecular weight is 526 g/mol. The lowest BCUT2D eigenvalue weighted by molar-refractivity contribution is 0.694. The zero-order chi connectivity index (χ0) is 23.9. The fraction of sp³-hybridized carbons (Fsp3) is 0.360. The summed E-state index contributed by atoms with van der Waals surface area (Å²) in [6.45, 7) is 12.0. The molecule has 0 bridgehead atoms. The maximum Gasteiger partial charge on any atom is 0.121 e. The Bertz CT molecular complexity index is 1040. The fourth-order valence-electron chi connectivity index (χ4n) is 4.80. The van der Waals surface area contributed by atoms with E-state index in [1.54, 1.807) is 0 Å². The van der Waals surface area contributed by atoms with Gasteiger partial charge in [-0.05, 0) is 64.1 Å². The lowest BCUT2D eigenvalue weighted by Crippen LogP contribution is -2.41. The summed E-state index contributed by atoms with van der Waals surface area (Å²) in [5.41, 5.74) is 4.38. The van der Waals surface area contributed by atoms with E-state index < -0.39 is 0 Å². The highest BCUT2D eigenvalue weighted by molar-refractivity contribution is 6.43. The molecule has 0 amide bonds. The predicted octanol–water partition coefficient (Wildman–Crippen LogP) is 8.06. The first kappa shape index (κ1) is 24.4. The molecule has 0 fully saturated rings. The van der Waals surface area contributed by atoms with E-state index in [4.69, 9.17) is 46.4 Å². The molecule has 0 saturated heterocycles. The highest BCUT2D eigenvalue weighted by Crippen LogP contribution is 2.46. The molecule has 2 aliphatic rings. The van der Waals surface area contributed by atoms with Crippen molar-refractivity contribution in [1.29, 1.82) is 0 Å². The molecule has 2 heterocycles. The number of rotatable bonds is 6. The van der Waals surface area contributed by atoms with Gasteiger partial charge in [-0.2, -0.15) is 0 Å². The molecule has 0 unspecified atom stereocenters. The highest BCUT2D eigenvalue weighted by atomic mass is 35.5. The molecule has 4 nitrogen and oxygen atoms in total. The third-order valence-corrected chi connectivity index (χ3v) is 7.71. The van der Waals surface area contributed by atoms with E-state index in [9.17, 15) is 0 Å². The van der Waals surface area contributed by atoms with Crippen LogP contribution in [0.4, 0.5) is 22.7 Å². The Morgan fingerprint density at radius 3 is 1.39 bits per heavy atom. The van der Waals surface area contributed by atoms with E-state index in [0.29, 0.717) is 20.1 Å². The Labute approximate surface area is 216 Å². The van der Waals surface area contributed by atoms with Crippen molar-refractivity contribution in [3.63, 3.8) is 0 Å². The molecular weight excluding hydrogens is 498 g/mol. The maximum atomic E-state index is 6.34. The zero-order valence-electron chi connectivity index (χ0n) is 19.2. The van der Waals surface area contributed by atoms with Crippen LogP contribution in [0.1, 0.15) is 27.7 Å². The molecule has 0 aromatic heterocycles. The monoisotopic (exact) mass is 524 g/mol. The van der Waals surface area contributed by atoms with Gasteiger partial charge in [0.25, 0.3) is 0 Å². The van der Waals surface area contributed by atoms with Crippen molar-refractivity contribution >= 4 is 69.2 Å². The SMILES string of the molecule is CCN1C(=CC=CC2N(CC)c3cc(Cl)c(Cl)cc3N2CC)N(CC)c2cc(Cl)c(Cl)cc21. The number of hydrogen-bond acceptors (Lipinski definition) is 4. The van der Waals surface area contributed by atoms with Crippen molar-refractivity contribution in [2.45, 2.75) is 33.9 Å². The summed E-state index contributed by atoms with van der Waals surface area (Å²) in [7, 11) is 0. The average Bonchev–Trinajstić information content (AvgIpc) is 3.24. The van der Waals surface area contributed by atoms with Gasteiger partial charge in [0.05, 0.1) is 42.8 Å². The Morgan fingerprint density at radius 1 is 0.636 bits per heavy atom. The lowest BCUT2D eigenvalue weighted by atomic mass is 10.2. The molecule has 4 rings (SSSR count). The van der Waals surface area contributed by atoms with Gasteiger partial charge in [-0.15, -0.1) is 0 Å². The van der Waals surface area contributed by atoms with Gasteiger partial charge in [-0.1, -0.05) is 52.5 Å². The maximum absolute atomic E-state index is 6.34. The van der Waals surface area contributed by atoms with E-state index in [-0.39, 0.29) is 6.17 Å². The highest BCUT2D eigenvalue weighted by Gasteiger charge is 2.34. The second kappa shape index (κ2) is 9.87. The summed E-state index contributed by atoms with van der Waals surface area (Å²) in [4.78, 5) is 9.22. The number of allylic oxidation sites excluding steroid dienone is 2. The summed E-state index contributed by atoms with van der Waals surface area (Å²) in [6.07, 6.45) is 6.62. The minimum Gasteiger partial charge on any atom is -0.346 e. The van der Waals surface area contributed by atoms with Gasteiger partial charge in [0.15, 0.2) is 0 Å². The second-order valence-corrected chi connectivity index (χ2v) is 9.52. The van der Waals surface area contributed by atoms with Gasteiger partial charge in [0.2, 0.25) is 0 Å². The standard InChI is InChI=1S/C25H28Cl4N4/c1-5-30-20-12-16(26)17(27)13-21(20)31(6-2)24(30)10-9-11-25-32(7-3)22-14-18(28)19(29)15-23(22)33(25)8-4/h9-15,24H,5-8H2,1-4H3. The lowest BCUT2D eigenvalue weighted by Gasteiger charge is -2.29. The first-order chi connectivity index (χ1) is 15.9. The van der Waals surface area contributed by atoms with Crippen LogP contribution in [0.15, 0.2) is 48.3 Å². The number of hydrogen-bond donors (Lipinski definition) is 0. The minimum absolute atomic E-state index is 0.0826. The van der Waals surface area contributed by atoms with Gasteiger partial charge >= 0.3 is 0 Å². The predicted molar refractivity (Wildman–Crippen MR) is 146 cm³/mol. The minimum atomic E-state index is 0.0826. The van der Waals surface area contributed by atoms with Crippen LogP contribution in [-0.4, -0.2) is 32.3 Å². The fourth-order valence-corrected chi connectivity index (χ4v) is 5.43. The molecule has 8 heteroatoms. The van der Waals surface area contributed by atoms with E-state index >= 15 is 0 Å². The van der Waals surface area contributed by atoms with Crippen LogP contribution in [0.5, 0.6) is 0 Å². The number of likely N-dealkylation sites (N-methyl/N-ethyl adjacent to an activating group) is 2. The van der Waals surface area contributed by atoms with Crippen LogP contribution in [0.3, 0.4) is 0 Å². The van der Waals surface area contributed by atoms with E-state index in [1.807, 2.05) is 24.3 Å². The first-order valence-corrected chi connectivity index (χ1v) is 12.8. The molecule has 2 aromatic rings. The topological polar surface area (TPSA) is 13.0 Å². The number of anilines is 4. The van der Waals surface area contributed by atoms with Crippen molar-refractivity contribution in [3.8, 4) is 0 Å². The van der Waals surface area contributed by atoms with Gasteiger partial charge in [-0.3, -0.25) is 0 Å². The normalized spacial score (nSPS) is 15.8. The van der Waals surface area contributed by atoms with Gasteiger partial charge in [-0.25, -0.2) is 0 Å². The van der Waals surface area contributed by atoms with Gasteiger partial charge < -0.3 is 19.6 Å². The Balaban J connectivity index is 1.69.